The van der Waals surface area contributed by atoms with Crippen LogP contribution in [0.4, 0.5) is 0 Å². The zero-order valence-corrected chi connectivity index (χ0v) is 8.00. The van der Waals surface area contributed by atoms with Crippen molar-refractivity contribution in [3.05, 3.63) is 11.6 Å². The lowest BCUT2D eigenvalue weighted by atomic mass is 9.90. The highest BCUT2D eigenvalue weighted by Crippen LogP contribution is 2.19. The van der Waals surface area contributed by atoms with Crippen molar-refractivity contribution in [3.8, 4) is 0 Å². The first kappa shape index (κ1) is 9.96. The Morgan fingerprint density at radius 1 is 1.69 bits per heavy atom. The van der Waals surface area contributed by atoms with Crippen LogP contribution in [0.25, 0.3) is 0 Å². The lowest BCUT2D eigenvalue weighted by molar-refractivity contribution is -0.140. The molecule has 1 aliphatic carbocycles. The fourth-order valence-electron chi connectivity index (χ4n) is 1.31. The molecule has 0 bridgehead atoms. The first-order chi connectivity index (χ1) is 6.09. The van der Waals surface area contributed by atoms with Gasteiger partial charge in [-0.1, -0.05) is 13.0 Å². The average molecular weight is 182 g/mol. The number of allylic oxidation sites excluding steroid dienone is 1. The smallest absolute Gasteiger partial charge is 0.302 e. The molecule has 0 spiro atoms. The molecular weight excluding hydrogens is 168 g/mol. The number of Topliss-reactive ketones (excluding diaryl/α,β-unsaturated/α-hetero) is 1. The minimum absolute atomic E-state index is 0.111. The van der Waals surface area contributed by atoms with Crippen LogP contribution in [0, 0.1) is 5.92 Å². The van der Waals surface area contributed by atoms with Crippen LogP contribution in [0.15, 0.2) is 11.6 Å². The number of ketones is 1. The highest BCUT2D eigenvalue weighted by Gasteiger charge is 2.18. The molecule has 72 valence electrons. The molecule has 0 fully saturated rings. The third-order valence-corrected chi connectivity index (χ3v) is 2.09. The predicted molar refractivity (Wildman–Crippen MR) is 48.1 cm³/mol. The Morgan fingerprint density at radius 2 is 2.38 bits per heavy atom. The van der Waals surface area contributed by atoms with Crippen molar-refractivity contribution in [2.75, 3.05) is 6.61 Å². The first-order valence-corrected chi connectivity index (χ1v) is 4.45. The molecule has 1 atom stereocenters. The van der Waals surface area contributed by atoms with Gasteiger partial charge in [0.15, 0.2) is 5.78 Å². The van der Waals surface area contributed by atoms with Crippen molar-refractivity contribution in [2.24, 2.45) is 5.92 Å². The molecule has 1 rings (SSSR count). The van der Waals surface area contributed by atoms with Gasteiger partial charge >= 0.3 is 5.97 Å². The normalized spacial score (nSPS) is 22.5. The van der Waals surface area contributed by atoms with Crippen LogP contribution in [0.1, 0.15) is 26.7 Å². The number of ether oxygens (including phenoxy) is 1. The molecule has 0 N–H and O–H groups in total. The molecule has 1 aliphatic rings. The molecule has 0 aliphatic heterocycles. The Labute approximate surface area is 77.8 Å². The molecule has 0 aromatic rings. The zero-order chi connectivity index (χ0) is 9.84. The lowest BCUT2D eigenvalue weighted by Crippen LogP contribution is -2.18. The van der Waals surface area contributed by atoms with Crippen molar-refractivity contribution in [2.45, 2.75) is 26.7 Å². The molecule has 3 heteroatoms. The highest BCUT2D eigenvalue weighted by molar-refractivity contribution is 5.96. The molecule has 0 amide bonds. The predicted octanol–water partition coefficient (Wildman–Crippen LogP) is 1.47. The Hall–Kier alpha value is -1.12. The topological polar surface area (TPSA) is 43.4 Å². The highest BCUT2D eigenvalue weighted by atomic mass is 16.5. The maximum atomic E-state index is 11.4. The minimum Gasteiger partial charge on any atom is -0.461 e. The van der Waals surface area contributed by atoms with Crippen molar-refractivity contribution >= 4 is 11.8 Å². The monoisotopic (exact) mass is 182 g/mol. The van der Waals surface area contributed by atoms with Crippen LogP contribution < -0.4 is 0 Å². The number of rotatable bonds is 2. The quantitative estimate of drug-likeness (QED) is 0.607. The molecule has 0 heterocycles. The summed E-state index contributed by atoms with van der Waals surface area (Å²) >= 11 is 0. The second-order valence-corrected chi connectivity index (χ2v) is 3.48. The van der Waals surface area contributed by atoms with Gasteiger partial charge in [0, 0.05) is 18.9 Å². The Balaban J connectivity index is 2.49. The van der Waals surface area contributed by atoms with Crippen molar-refractivity contribution in [1.29, 1.82) is 0 Å². The fraction of sp³-hybridized carbons (Fsp3) is 0.600. The summed E-state index contributed by atoms with van der Waals surface area (Å²) in [6.07, 6.45) is 3.36. The third-order valence-electron chi connectivity index (χ3n) is 2.09. The summed E-state index contributed by atoms with van der Waals surface area (Å²) in [4.78, 5) is 21.9. The second kappa shape index (κ2) is 4.21. The largest absolute Gasteiger partial charge is 0.461 e. The summed E-state index contributed by atoms with van der Waals surface area (Å²) in [6, 6.07) is 0. The SMILES string of the molecule is CC(=O)OCC1=CC[C@@H](C)CC1=O. The average Bonchev–Trinajstić information content (AvgIpc) is 2.02. The molecular formula is C10H14O3. The van der Waals surface area contributed by atoms with E-state index in [1.54, 1.807) is 0 Å². The summed E-state index contributed by atoms with van der Waals surface area (Å²) < 4.78 is 4.76. The minimum atomic E-state index is -0.340. The number of hydrogen-bond donors (Lipinski definition) is 0. The van der Waals surface area contributed by atoms with Crippen LogP contribution in [0.3, 0.4) is 0 Å². The fourth-order valence-corrected chi connectivity index (χ4v) is 1.31. The van der Waals surface area contributed by atoms with Crippen LogP contribution in [-0.2, 0) is 14.3 Å². The summed E-state index contributed by atoms with van der Waals surface area (Å²) in [7, 11) is 0. The van der Waals surface area contributed by atoms with Crippen molar-refractivity contribution in [3.63, 3.8) is 0 Å². The van der Waals surface area contributed by atoms with E-state index >= 15 is 0 Å². The van der Waals surface area contributed by atoms with E-state index in [9.17, 15) is 9.59 Å². The van der Waals surface area contributed by atoms with Gasteiger partial charge in [0.05, 0.1) is 0 Å². The molecule has 0 saturated carbocycles. The molecule has 0 aromatic carbocycles. The maximum absolute atomic E-state index is 11.4. The third kappa shape index (κ3) is 3.01. The second-order valence-electron chi connectivity index (χ2n) is 3.48. The van der Waals surface area contributed by atoms with E-state index in [0.717, 1.165) is 6.42 Å². The number of hydrogen-bond acceptors (Lipinski definition) is 3. The van der Waals surface area contributed by atoms with Gasteiger partial charge in [0.25, 0.3) is 0 Å². The summed E-state index contributed by atoms with van der Waals surface area (Å²) in [5.41, 5.74) is 0.647. The van der Waals surface area contributed by atoms with E-state index < -0.39 is 0 Å². The van der Waals surface area contributed by atoms with Gasteiger partial charge < -0.3 is 4.74 Å². The number of esters is 1. The standard InChI is InChI=1S/C10H14O3/c1-7-3-4-9(10(12)5-7)6-13-8(2)11/h4,7H,3,5-6H2,1-2H3/t7-/m1/s1. The Morgan fingerprint density at radius 3 is 2.92 bits per heavy atom. The molecule has 3 nitrogen and oxygen atoms in total. The van der Waals surface area contributed by atoms with Gasteiger partial charge in [-0.05, 0) is 12.3 Å². The van der Waals surface area contributed by atoms with E-state index in [1.807, 2.05) is 13.0 Å². The van der Waals surface area contributed by atoms with Crippen LogP contribution in [0.5, 0.6) is 0 Å². The van der Waals surface area contributed by atoms with Crippen LogP contribution in [0.2, 0.25) is 0 Å². The molecule has 0 radical (unpaired) electrons. The number of carbonyl (C=O) groups excluding carboxylic acids is 2. The van der Waals surface area contributed by atoms with Crippen LogP contribution in [-0.4, -0.2) is 18.4 Å². The van der Waals surface area contributed by atoms with Gasteiger partial charge in [-0.2, -0.15) is 0 Å². The Bertz CT molecular complexity index is 253. The number of carbonyl (C=O) groups is 2. The van der Waals surface area contributed by atoms with Crippen molar-refractivity contribution in [1.82, 2.24) is 0 Å². The molecule has 0 unspecified atom stereocenters. The van der Waals surface area contributed by atoms with E-state index in [2.05, 4.69) is 0 Å². The van der Waals surface area contributed by atoms with E-state index in [1.165, 1.54) is 6.92 Å². The van der Waals surface area contributed by atoms with Gasteiger partial charge in [0.2, 0.25) is 0 Å². The lowest BCUT2D eigenvalue weighted by Gasteiger charge is -2.16. The first-order valence-electron chi connectivity index (χ1n) is 4.45. The molecule has 0 saturated heterocycles. The van der Waals surface area contributed by atoms with Gasteiger partial charge in [-0.3, -0.25) is 9.59 Å². The molecule has 13 heavy (non-hydrogen) atoms. The summed E-state index contributed by atoms with van der Waals surface area (Å²) in [6.45, 7) is 3.52. The van der Waals surface area contributed by atoms with E-state index in [-0.39, 0.29) is 18.4 Å². The zero-order valence-electron chi connectivity index (χ0n) is 8.00. The summed E-state index contributed by atoms with van der Waals surface area (Å²) in [5.74, 6) is 0.195. The Kier molecular flexibility index (Phi) is 3.23. The van der Waals surface area contributed by atoms with Gasteiger partial charge in [-0.25, -0.2) is 0 Å². The molecule has 0 aromatic heterocycles. The van der Waals surface area contributed by atoms with Crippen LogP contribution >= 0.6 is 0 Å². The maximum Gasteiger partial charge on any atom is 0.302 e. The van der Waals surface area contributed by atoms with E-state index in [0.29, 0.717) is 17.9 Å². The van der Waals surface area contributed by atoms with Gasteiger partial charge in [-0.15, -0.1) is 0 Å². The van der Waals surface area contributed by atoms with Gasteiger partial charge in [0.1, 0.15) is 6.61 Å². The van der Waals surface area contributed by atoms with Crippen molar-refractivity contribution < 1.29 is 14.3 Å². The summed E-state index contributed by atoms with van der Waals surface area (Å²) in [5, 5.41) is 0. The van der Waals surface area contributed by atoms with E-state index in [4.69, 9.17) is 4.74 Å².